The normalized spacial score (nSPS) is 24.9. The van der Waals surface area contributed by atoms with E-state index in [2.05, 4.69) is 42.5 Å². The highest BCUT2D eigenvalue weighted by atomic mass is 16.6. The lowest BCUT2D eigenvalue weighted by Crippen LogP contribution is -2.39. The minimum Gasteiger partial charge on any atom is -0.374 e. The summed E-state index contributed by atoms with van der Waals surface area (Å²) < 4.78 is 25.1. The lowest BCUT2D eigenvalue weighted by atomic mass is 9.94. The van der Waals surface area contributed by atoms with Crippen LogP contribution in [-0.2, 0) is 38.8 Å². The molecule has 1 fully saturated rings. The van der Waals surface area contributed by atoms with Crippen LogP contribution < -0.4 is 0 Å². The topological polar surface area (TPSA) is 36.9 Å². The zero-order valence-electron chi connectivity index (χ0n) is 16.9. The van der Waals surface area contributed by atoms with Gasteiger partial charge < -0.3 is 18.9 Å². The van der Waals surface area contributed by atoms with Crippen molar-refractivity contribution < 1.29 is 18.9 Å². The maximum absolute atomic E-state index is 6.46. The van der Waals surface area contributed by atoms with Gasteiger partial charge in [0.25, 0.3) is 0 Å². The summed E-state index contributed by atoms with van der Waals surface area (Å²) in [5, 5.41) is 0. The van der Waals surface area contributed by atoms with Crippen molar-refractivity contribution in [2.75, 3.05) is 6.61 Å². The molecule has 4 nitrogen and oxygen atoms in total. The summed E-state index contributed by atoms with van der Waals surface area (Å²) >= 11 is 0. The number of ether oxygens (including phenoxy) is 4. The van der Waals surface area contributed by atoms with Crippen LogP contribution in [0.15, 0.2) is 84.9 Å². The van der Waals surface area contributed by atoms with Gasteiger partial charge in [-0.2, -0.15) is 0 Å². The zero-order chi connectivity index (χ0) is 20.2. The van der Waals surface area contributed by atoms with Crippen LogP contribution in [0.3, 0.4) is 0 Å². The van der Waals surface area contributed by atoms with Crippen molar-refractivity contribution in [2.24, 2.45) is 0 Å². The van der Waals surface area contributed by atoms with E-state index in [-0.39, 0.29) is 24.4 Å². The molecule has 5 rings (SSSR count). The van der Waals surface area contributed by atoms with E-state index in [9.17, 15) is 0 Å². The zero-order valence-corrected chi connectivity index (χ0v) is 16.9. The number of hydrogen-bond donors (Lipinski definition) is 0. The summed E-state index contributed by atoms with van der Waals surface area (Å²) in [5.41, 5.74) is 4.68. The van der Waals surface area contributed by atoms with Crippen molar-refractivity contribution in [1.82, 2.24) is 0 Å². The fourth-order valence-corrected chi connectivity index (χ4v) is 4.26. The monoisotopic (exact) mass is 402 g/mol. The molecule has 3 aromatic carbocycles. The van der Waals surface area contributed by atoms with E-state index < -0.39 is 0 Å². The Hall–Kier alpha value is -2.50. The average Bonchev–Trinajstić information content (AvgIpc) is 3.17. The van der Waals surface area contributed by atoms with Gasteiger partial charge in [0.2, 0.25) is 0 Å². The Kier molecular flexibility index (Phi) is 5.91. The maximum Gasteiger partial charge on any atom is 0.117 e. The van der Waals surface area contributed by atoms with E-state index in [0.717, 1.165) is 11.1 Å². The number of rotatable bonds is 7. The fraction of sp³-hybridized carbons (Fsp3) is 0.308. The summed E-state index contributed by atoms with van der Waals surface area (Å²) in [6, 6.07) is 28.8. The van der Waals surface area contributed by atoms with Gasteiger partial charge in [-0.05, 0) is 22.3 Å². The van der Waals surface area contributed by atoms with Crippen molar-refractivity contribution in [3.8, 4) is 0 Å². The predicted molar refractivity (Wildman–Crippen MR) is 114 cm³/mol. The highest BCUT2D eigenvalue weighted by Crippen LogP contribution is 2.42. The molecule has 1 saturated heterocycles. The van der Waals surface area contributed by atoms with Crippen LogP contribution >= 0.6 is 0 Å². The maximum atomic E-state index is 6.46. The summed E-state index contributed by atoms with van der Waals surface area (Å²) in [5.74, 6) is 0. The molecule has 30 heavy (non-hydrogen) atoms. The summed E-state index contributed by atoms with van der Waals surface area (Å²) in [6.45, 7) is 2.13. The molecule has 0 amide bonds. The molecule has 0 spiro atoms. The van der Waals surface area contributed by atoms with Gasteiger partial charge in [-0.1, -0.05) is 84.9 Å². The third-order valence-electron chi connectivity index (χ3n) is 5.78. The first kappa shape index (κ1) is 19.5. The molecular weight excluding hydrogens is 376 g/mol. The van der Waals surface area contributed by atoms with Crippen LogP contribution in [0.5, 0.6) is 0 Å². The molecular formula is C26H26O4. The molecule has 0 saturated carbocycles. The Balaban J connectivity index is 1.31. The predicted octanol–water partition coefficient (Wildman–Crippen LogP) is 4.83. The highest BCUT2D eigenvalue weighted by molar-refractivity contribution is 5.32. The van der Waals surface area contributed by atoms with E-state index in [1.165, 1.54) is 11.1 Å². The molecule has 4 heteroatoms. The van der Waals surface area contributed by atoms with Gasteiger partial charge in [0.15, 0.2) is 0 Å². The van der Waals surface area contributed by atoms with Gasteiger partial charge in [-0.15, -0.1) is 0 Å². The summed E-state index contributed by atoms with van der Waals surface area (Å²) in [6.07, 6.45) is -0.618. The fourth-order valence-electron chi connectivity index (χ4n) is 4.26. The summed E-state index contributed by atoms with van der Waals surface area (Å²) in [7, 11) is 0. The van der Waals surface area contributed by atoms with Gasteiger partial charge >= 0.3 is 0 Å². The number of hydrogen-bond acceptors (Lipinski definition) is 4. The molecule has 0 bridgehead atoms. The second kappa shape index (κ2) is 9.11. The third-order valence-corrected chi connectivity index (χ3v) is 5.78. The van der Waals surface area contributed by atoms with Gasteiger partial charge in [0.05, 0.1) is 26.4 Å². The van der Waals surface area contributed by atoms with E-state index >= 15 is 0 Å². The second-order valence-electron chi connectivity index (χ2n) is 7.83. The molecule has 0 radical (unpaired) electrons. The molecule has 2 aliphatic rings. The minimum absolute atomic E-state index is 0.124. The lowest BCUT2D eigenvalue weighted by molar-refractivity contribution is -0.0919. The highest BCUT2D eigenvalue weighted by Gasteiger charge is 2.49. The molecule has 154 valence electrons. The Bertz CT molecular complexity index is 944. The minimum atomic E-state index is -0.182. The van der Waals surface area contributed by atoms with E-state index in [4.69, 9.17) is 18.9 Å². The van der Waals surface area contributed by atoms with Crippen molar-refractivity contribution in [3.05, 3.63) is 107 Å². The molecule has 3 aromatic rings. The number of fused-ring (bicyclic) bond motifs is 3. The van der Waals surface area contributed by atoms with Crippen molar-refractivity contribution in [2.45, 2.75) is 44.2 Å². The van der Waals surface area contributed by atoms with Crippen molar-refractivity contribution in [3.63, 3.8) is 0 Å². The van der Waals surface area contributed by atoms with Crippen LogP contribution in [0.4, 0.5) is 0 Å². The van der Waals surface area contributed by atoms with Crippen LogP contribution in [0.2, 0.25) is 0 Å². The lowest BCUT2D eigenvalue weighted by Gasteiger charge is -2.30. The van der Waals surface area contributed by atoms with Crippen LogP contribution in [0, 0.1) is 0 Å². The Morgan fingerprint density at radius 1 is 0.767 bits per heavy atom. The van der Waals surface area contributed by atoms with E-state index in [0.29, 0.717) is 26.4 Å². The quantitative estimate of drug-likeness (QED) is 0.567. The van der Waals surface area contributed by atoms with Crippen LogP contribution in [0.25, 0.3) is 0 Å². The first-order valence-electron chi connectivity index (χ1n) is 10.5. The van der Waals surface area contributed by atoms with E-state index in [1.807, 2.05) is 42.5 Å². The first-order chi connectivity index (χ1) is 14.9. The Morgan fingerprint density at radius 2 is 1.43 bits per heavy atom. The Labute approximate surface area is 177 Å². The molecule has 2 heterocycles. The average molecular weight is 402 g/mol. The molecule has 4 unspecified atom stereocenters. The van der Waals surface area contributed by atoms with E-state index in [1.54, 1.807) is 0 Å². The molecule has 0 aromatic heterocycles. The molecule has 0 N–H and O–H groups in total. The van der Waals surface area contributed by atoms with Crippen molar-refractivity contribution >= 4 is 0 Å². The summed E-state index contributed by atoms with van der Waals surface area (Å²) in [4.78, 5) is 0. The van der Waals surface area contributed by atoms with Gasteiger partial charge in [0, 0.05) is 0 Å². The van der Waals surface area contributed by atoms with Crippen LogP contribution in [-0.4, -0.2) is 24.9 Å². The number of benzene rings is 3. The van der Waals surface area contributed by atoms with Crippen molar-refractivity contribution in [1.29, 1.82) is 0 Å². The smallest absolute Gasteiger partial charge is 0.117 e. The third kappa shape index (κ3) is 4.18. The molecule has 4 atom stereocenters. The second-order valence-corrected chi connectivity index (χ2v) is 7.83. The van der Waals surface area contributed by atoms with Crippen LogP contribution in [0.1, 0.15) is 28.4 Å². The SMILES string of the molecule is c1ccc(COCC2OC3c4ccccc4COC3C2OCc2ccccc2)cc1. The largest absolute Gasteiger partial charge is 0.374 e. The molecule has 2 aliphatic heterocycles. The molecule has 0 aliphatic carbocycles. The Morgan fingerprint density at radius 3 is 2.20 bits per heavy atom. The standard InChI is InChI=1S/C26H26O4/c1-3-9-19(10-4-1)15-27-18-23-25(28-16-20-11-5-2-6-12-20)26-24(30-23)22-14-8-7-13-21(22)17-29-26/h1-14,23-26H,15-18H2. The van der Waals surface area contributed by atoms with Gasteiger partial charge in [-0.25, -0.2) is 0 Å². The first-order valence-corrected chi connectivity index (χ1v) is 10.5. The van der Waals surface area contributed by atoms with Gasteiger partial charge in [-0.3, -0.25) is 0 Å². The van der Waals surface area contributed by atoms with Gasteiger partial charge in [0.1, 0.15) is 24.4 Å².